The fourth-order valence-electron chi connectivity index (χ4n) is 2.85. The van der Waals surface area contributed by atoms with Crippen molar-refractivity contribution in [1.82, 2.24) is 19.8 Å². The summed E-state index contributed by atoms with van der Waals surface area (Å²) in [5.41, 5.74) is 3.37. The largest absolute Gasteiger partial charge is 0.496 e. The molecule has 0 amide bonds. The van der Waals surface area contributed by atoms with Crippen molar-refractivity contribution in [2.75, 3.05) is 7.11 Å². The molecule has 26 heavy (non-hydrogen) atoms. The molecule has 0 atom stereocenters. The molecule has 2 heterocycles. The Kier molecular flexibility index (Phi) is 4.00. The molecule has 2 aromatic heterocycles. The van der Waals surface area contributed by atoms with Crippen LogP contribution in [0.25, 0.3) is 26.9 Å². The molecule has 4 aromatic rings. The second-order valence-corrected chi connectivity index (χ2v) is 8.11. The van der Waals surface area contributed by atoms with Gasteiger partial charge in [-0.2, -0.15) is 9.61 Å². The second-order valence-electron chi connectivity index (χ2n) is 7.15. The Labute approximate surface area is 156 Å². The molecule has 0 N–H and O–H groups in total. The van der Waals surface area contributed by atoms with Gasteiger partial charge in [0.25, 0.3) is 0 Å². The third kappa shape index (κ3) is 2.86. The average Bonchev–Trinajstić information content (AvgIpc) is 3.21. The molecule has 0 saturated heterocycles. The van der Waals surface area contributed by atoms with Gasteiger partial charge in [0.05, 0.1) is 12.7 Å². The van der Waals surface area contributed by atoms with Gasteiger partial charge in [-0.15, -0.1) is 10.2 Å². The molecular weight excluding hydrogens is 344 g/mol. The summed E-state index contributed by atoms with van der Waals surface area (Å²) in [5.74, 6) is 1.55. The van der Waals surface area contributed by atoms with Crippen LogP contribution in [0.5, 0.6) is 5.75 Å². The number of benzene rings is 2. The number of hydrogen-bond acceptors (Lipinski definition) is 5. The first-order valence-electron chi connectivity index (χ1n) is 8.44. The predicted molar refractivity (Wildman–Crippen MR) is 105 cm³/mol. The predicted octanol–water partition coefficient (Wildman–Crippen LogP) is 4.83. The highest BCUT2D eigenvalue weighted by Crippen LogP contribution is 2.34. The summed E-state index contributed by atoms with van der Waals surface area (Å²) in [5, 5.41) is 14.2. The average molecular weight is 364 g/mol. The van der Waals surface area contributed by atoms with E-state index in [1.54, 1.807) is 11.6 Å². The van der Waals surface area contributed by atoms with Gasteiger partial charge in [0, 0.05) is 5.56 Å². The zero-order valence-electron chi connectivity index (χ0n) is 15.2. The second kappa shape index (κ2) is 6.21. The zero-order valence-corrected chi connectivity index (χ0v) is 16.0. The van der Waals surface area contributed by atoms with Crippen molar-refractivity contribution in [2.24, 2.45) is 0 Å². The van der Waals surface area contributed by atoms with Crippen LogP contribution in [0, 0.1) is 0 Å². The summed E-state index contributed by atoms with van der Waals surface area (Å²) in [6, 6.07) is 16.3. The maximum atomic E-state index is 5.45. The van der Waals surface area contributed by atoms with E-state index in [-0.39, 0.29) is 5.41 Å². The maximum Gasteiger partial charge on any atom is 0.235 e. The lowest BCUT2D eigenvalue weighted by atomic mass is 9.87. The van der Waals surface area contributed by atoms with Crippen LogP contribution in [0.4, 0.5) is 0 Å². The number of hydrogen-bond donors (Lipinski definition) is 0. The molecule has 6 heteroatoms. The summed E-state index contributed by atoms with van der Waals surface area (Å²) in [6.45, 7) is 6.62. The van der Waals surface area contributed by atoms with E-state index in [2.05, 4.69) is 55.2 Å². The minimum absolute atomic E-state index is 0.121. The van der Waals surface area contributed by atoms with Crippen LogP contribution < -0.4 is 4.74 Å². The molecular formula is C20H20N4OS. The van der Waals surface area contributed by atoms with Crippen molar-refractivity contribution in [3.05, 3.63) is 54.1 Å². The number of methoxy groups -OCH3 is 1. The van der Waals surface area contributed by atoms with Gasteiger partial charge in [-0.25, -0.2) is 0 Å². The Morgan fingerprint density at radius 1 is 0.962 bits per heavy atom. The molecule has 0 aliphatic rings. The van der Waals surface area contributed by atoms with Crippen LogP contribution in [-0.2, 0) is 5.41 Å². The molecule has 0 fully saturated rings. The summed E-state index contributed by atoms with van der Waals surface area (Å²) in [7, 11) is 1.67. The van der Waals surface area contributed by atoms with Gasteiger partial charge in [-0.1, -0.05) is 68.5 Å². The lowest BCUT2D eigenvalue weighted by Gasteiger charge is -2.18. The molecule has 0 bridgehead atoms. The van der Waals surface area contributed by atoms with Gasteiger partial charge in [-0.3, -0.25) is 0 Å². The minimum atomic E-state index is 0.121. The number of rotatable bonds is 3. The van der Waals surface area contributed by atoms with Crippen LogP contribution in [0.1, 0.15) is 26.3 Å². The van der Waals surface area contributed by atoms with Crippen molar-refractivity contribution in [2.45, 2.75) is 26.2 Å². The van der Waals surface area contributed by atoms with Gasteiger partial charge >= 0.3 is 0 Å². The van der Waals surface area contributed by atoms with E-state index >= 15 is 0 Å². The number of nitrogens with zero attached hydrogens (tertiary/aromatic N) is 4. The van der Waals surface area contributed by atoms with Crippen molar-refractivity contribution < 1.29 is 4.74 Å². The quantitative estimate of drug-likeness (QED) is 0.523. The first-order chi connectivity index (χ1) is 12.5. The van der Waals surface area contributed by atoms with Gasteiger partial charge in [0.2, 0.25) is 4.96 Å². The lowest BCUT2D eigenvalue weighted by molar-refractivity contribution is 0.416. The highest BCUT2D eigenvalue weighted by Gasteiger charge is 2.18. The van der Waals surface area contributed by atoms with Crippen molar-refractivity contribution in [3.63, 3.8) is 0 Å². The number of fused-ring (bicyclic) bond motifs is 1. The van der Waals surface area contributed by atoms with E-state index in [4.69, 9.17) is 9.84 Å². The topological polar surface area (TPSA) is 52.3 Å². The van der Waals surface area contributed by atoms with E-state index in [1.807, 2.05) is 24.3 Å². The van der Waals surface area contributed by atoms with Gasteiger partial charge in [0.15, 0.2) is 10.8 Å². The van der Waals surface area contributed by atoms with Crippen molar-refractivity contribution in [3.8, 4) is 27.7 Å². The van der Waals surface area contributed by atoms with E-state index < -0.39 is 0 Å². The lowest BCUT2D eigenvalue weighted by Crippen LogP contribution is -2.10. The highest BCUT2D eigenvalue weighted by atomic mass is 32.1. The Balaban J connectivity index is 1.77. The third-order valence-electron chi connectivity index (χ3n) is 4.34. The normalized spacial score (nSPS) is 11.8. The Morgan fingerprint density at radius 3 is 2.38 bits per heavy atom. The molecule has 0 aliphatic carbocycles. The molecule has 5 nitrogen and oxygen atoms in total. The number of ether oxygens (including phenoxy) is 1. The van der Waals surface area contributed by atoms with Crippen LogP contribution in [0.3, 0.4) is 0 Å². The summed E-state index contributed by atoms with van der Waals surface area (Å²) < 4.78 is 7.26. The standard InChI is InChI=1S/C20H20N4OS/c1-20(2,3)14-11-9-13(10-12-14)17-21-22-19-24(17)23-18(26-19)15-7-5-6-8-16(15)25-4/h5-12H,1-4H3. The Bertz CT molecular complexity index is 1060. The van der Waals surface area contributed by atoms with Crippen LogP contribution in [-0.4, -0.2) is 26.9 Å². The van der Waals surface area contributed by atoms with E-state index in [1.165, 1.54) is 16.9 Å². The first-order valence-corrected chi connectivity index (χ1v) is 9.25. The number of para-hydroxylation sites is 1. The fraction of sp³-hybridized carbons (Fsp3) is 0.250. The van der Waals surface area contributed by atoms with Gasteiger partial charge in [-0.05, 0) is 23.1 Å². The minimum Gasteiger partial charge on any atom is -0.496 e. The molecule has 0 saturated carbocycles. The molecule has 0 unspecified atom stereocenters. The van der Waals surface area contributed by atoms with Crippen LogP contribution in [0.2, 0.25) is 0 Å². The first kappa shape index (κ1) is 16.7. The zero-order chi connectivity index (χ0) is 18.3. The van der Waals surface area contributed by atoms with Crippen LogP contribution >= 0.6 is 11.3 Å². The van der Waals surface area contributed by atoms with E-state index in [0.717, 1.165) is 32.7 Å². The fourth-order valence-corrected chi connectivity index (χ4v) is 3.72. The molecule has 0 spiro atoms. The Morgan fingerprint density at radius 2 is 1.69 bits per heavy atom. The monoisotopic (exact) mass is 364 g/mol. The SMILES string of the molecule is COc1ccccc1-c1nn2c(-c3ccc(C(C)(C)C)cc3)nnc2s1. The summed E-state index contributed by atoms with van der Waals surface area (Å²) in [6.07, 6.45) is 0. The molecule has 0 radical (unpaired) electrons. The van der Waals surface area contributed by atoms with E-state index in [0.29, 0.717) is 0 Å². The Hall–Kier alpha value is -2.73. The van der Waals surface area contributed by atoms with Gasteiger partial charge < -0.3 is 4.74 Å². The third-order valence-corrected chi connectivity index (χ3v) is 5.27. The van der Waals surface area contributed by atoms with Crippen molar-refractivity contribution in [1.29, 1.82) is 0 Å². The molecule has 0 aliphatic heterocycles. The summed E-state index contributed by atoms with van der Waals surface area (Å²) in [4.78, 5) is 0.765. The van der Waals surface area contributed by atoms with Crippen molar-refractivity contribution >= 4 is 16.3 Å². The molecule has 4 rings (SSSR count). The highest BCUT2D eigenvalue weighted by molar-refractivity contribution is 7.19. The maximum absolute atomic E-state index is 5.45. The summed E-state index contributed by atoms with van der Waals surface area (Å²) >= 11 is 1.50. The van der Waals surface area contributed by atoms with Crippen LogP contribution in [0.15, 0.2) is 48.5 Å². The number of aromatic nitrogens is 4. The smallest absolute Gasteiger partial charge is 0.235 e. The van der Waals surface area contributed by atoms with Gasteiger partial charge in [0.1, 0.15) is 5.75 Å². The van der Waals surface area contributed by atoms with E-state index in [9.17, 15) is 0 Å². The molecule has 2 aromatic carbocycles. The molecule has 132 valence electrons.